The number of hydrogen-bond acceptors (Lipinski definition) is 4. The molecule has 0 saturated carbocycles. The number of carbonyl (C=O) groups is 1. The maximum absolute atomic E-state index is 13.2. The topological polar surface area (TPSA) is 85.5 Å². The first-order valence-corrected chi connectivity index (χ1v) is 13.5. The Morgan fingerprint density at radius 1 is 1.09 bits per heavy atom. The molecule has 0 spiro atoms. The van der Waals surface area contributed by atoms with Crippen molar-refractivity contribution in [3.05, 3.63) is 53.7 Å². The van der Waals surface area contributed by atoms with Crippen LogP contribution in [0.15, 0.2) is 47.5 Å². The monoisotopic (exact) mass is 482 g/mol. The van der Waals surface area contributed by atoms with Crippen molar-refractivity contribution < 1.29 is 13.2 Å². The summed E-state index contributed by atoms with van der Waals surface area (Å²) in [4.78, 5) is 18.9. The van der Waals surface area contributed by atoms with Gasteiger partial charge < -0.3 is 15.2 Å². The Morgan fingerprint density at radius 3 is 2.53 bits per heavy atom. The minimum atomic E-state index is -3.63. The van der Waals surface area contributed by atoms with Gasteiger partial charge in [-0.15, -0.1) is 0 Å². The van der Waals surface area contributed by atoms with E-state index < -0.39 is 10.0 Å². The summed E-state index contributed by atoms with van der Waals surface area (Å²) >= 11 is 0. The quantitative estimate of drug-likeness (QED) is 0.488. The molecule has 1 aliphatic rings. The molecule has 0 bridgehead atoms. The average molecular weight is 483 g/mol. The van der Waals surface area contributed by atoms with Gasteiger partial charge in [0.1, 0.15) is 0 Å². The summed E-state index contributed by atoms with van der Waals surface area (Å²) < 4.78 is 27.7. The molecule has 7 nitrogen and oxygen atoms in total. The number of rotatable bonds is 8. The van der Waals surface area contributed by atoms with E-state index in [0.29, 0.717) is 18.8 Å². The van der Waals surface area contributed by atoms with Crippen LogP contribution in [-0.4, -0.2) is 49.8 Å². The highest BCUT2D eigenvalue weighted by atomic mass is 32.2. The van der Waals surface area contributed by atoms with Crippen molar-refractivity contribution in [1.82, 2.24) is 9.29 Å². The molecule has 1 aromatic heterocycles. The molecule has 2 N–H and O–H groups in total. The number of anilines is 2. The second kappa shape index (κ2) is 10.2. The molecular weight excluding hydrogens is 448 g/mol. The van der Waals surface area contributed by atoms with Gasteiger partial charge in [0.25, 0.3) is 0 Å². The lowest BCUT2D eigenvalue weighted by Gasteiger charge is -2.31. The number of H-pyrrole nitrogens is 1. The van der Waals surface area contributed by atoms with Crippen LogP contribution in [0.1, 0.15) is 44.2 Å². The number of aryl methyl sites for hydroxylation is 1. The van der Waals surface area contributed by atoms with Crippen molar-refractivity contribution >= 4 is 38.2 Å². The zero-order valence-corrected chi connectivity index (χ0v) is 21.0. The zero-order chi connectivity index (χ0) is 24.3. The van der Waals surface area contributed by atoms with E-state index in [0.717, 1.165) is 53.6 Å². The van der Waals surface area contributed by atoms with Gasteiger partial charge in [0.05, 0.1) is 22.7 Å². The van der Waals surface area contributed by atoms with Crippen LogP contribution < -0.4 is 10.2 Å². The standard InChI is InChI=1S/C26H34N4O3S/c1-4-30(5-2)34(32,33)21-12-13-24(29-14-7-6-8-15-29)23(17-21)28-25(31)16-20-18-27-22-11-9-10-19(3)26(20)22/h9-13,17-18,27H,4-8,14-16H2,1-3H3,(H,28,31). The van der Waals surface area contributed by atoms with Crippen molar-refractivity contribution in [3.63, 3.8) is 0 Å². The third-order valence-electron chi connectivity index (χ3n) is 6.63. The lowest BCUT2D eigenvalue weighted by Crippen LogP contribution is -2.32. The van der Waals surface area contributed by atoms with E-state index in [1.807, 2.05) is 51.2 Å². The van der Waals surface area contributed by atoms with Crippen molar-refractivity contribution in [2.75, 3.05) is 36.4 Å². The van der Waals surface area contributed by atoms with Gasteiger partial charge in [0.2, 0.25) is 15.9 Å². The molecule has 1 amide bonds. The van der Waals surface area contributed by atoms with Crippen LogP contribution in [0.25, 0.3) is 10.9 Å². The predicted molar refractivity (Wildman–Crippen MR) is 138 cm³/mol. The summed E-state index contributed by atoms with van der Waals surface area (Å²) in [5.74, 6) is -0.167. The average Bonchev–Trinajstić information content (AvgIpc) is 3.24. The summed E-state index contributed by atoms with van der Waals surface area (Å²) in [6, 6.07) is 11.2. The van der Waals surface area contributed by atoms with E-state index in [2.05, 4.69) is 15.2 Å². The van der Waals surface area contributed by atoms with Gasteiger partial charge in [-0.05, 0) is 61.6 Å². The molecular formula is C26H34N4O3S. The molecule has 2 aromatic carbocycles. The summed E-state index contributed by atoms with van der Waals surface area (Å²) in [5.41, 5.74) is 4.47. The van der Waals surface area contributed by atoms with Gasteiger partial charge in [-0.25, -0.2) is 8.42 Å². The highest BCUT2D eigenvalue weighted by Gasteiger charge is 2.25. The predicted octanol–water partition coefficient (Wildman–Crippen LogP) is 4.68. The largest absolute Gasteiger partial charge is 0.370 e. The van der Waals surface area contributed by atoms with Crippen LogP contribution in [0.5, 0.6) is 0 Å². The maximum atomic E-state index is 13.2. The number of aromatic nitrogens is 1. The molecule has 0 unspecified atom stereocenters. The van der Waals surface area contributed by atoms with Crippen LogP contribution in [0.4, 0.5) is 11.4 Å². The number of sulfonamides is 1. The van der Waals surface area contributed by atoms with Gasteiger partial charge >= 0.3 is 0 Å². The van der Waals surface area contributed by atoms with E-state index in [1.165, 1.54) is 10.7 Å². The van der Waals surface area contributed by atoms with Crippen molar-refractivity contribution in [2.24, 2.45) is 0 Å². The Hall–Kier alpha value is -2.84. The number of piperidine rings is 1. The molecule has 34 heavy (non-hydrogen) atoms. The first kappa shape index (κ1) is 24.3. The SMILES string of the molecule is CCN(CC)S(=O)(=O)c1ccc(N2CCCCC2)c(NC(=O)Cc2c[nH]c3cccc(C)c23)c1. The van der Waals surface area contributed by atoms with Gasteiger partial charge in [-0.2, -0.15) is 4.31 Å². The van der Waals surface area contributed by atoms with Crippen LogP contribution in [0.3, 0.4) is 0 Å². The number of hydrogen-bond donors (Lipinski definition) is 2. The number of nitrogens with one attached hydrogen (secondary N) is 2. The molecule has 3 aromatic rings. The van der Waals surface area contributed by atoms with Crippen LogP contribution in [0, 0.1) is 6.92 Å². The summed E-state index contributed by atoms with van der Waals surface area (Å²) in [5, 5.41) is 4.10. The van der Waals surface area contributed by atoms with Crippen molar-refractivity contribution in [2.45, 2.75) is 51.3 Å². The second-order valence-corrected chi connectivity index (χ2v) is 10.8. The lowest BCUT2D eigenvalue weighted by molar-refractivity contribution is -0.115. The summed E-state index contributed by atoms with van der Waals surface area (Å²) in [7, 11) is -3.63. The lowest BCUT2D eigenvalue weighted by atomic mass is 10.1. The number of nitrogens with zero attached hydrogens (tertiary/aromatic N) is 2. The van der Waals surface area contributed by atoms with Gasteiger partial charge in [-0.1, -0.05) is 26.0 Å². The fourth-order valence-electron chi connectivity index (χ4n) is 4.86. The van der Waals surface area contributed by atoms with Gasteiger partial charge in [-0.3, -0.25) is 4.79 Å². The highest BCUT2D eigenvalue weighted by molar-refractivity contribution is 7.89. The normalized spacial score (nSPS) is 14.6. The Labute approximate surface area is 202 Å². The third-order valence-corrected chi connectivity index (χ3v) is 8.67. The molecule has 1 aliphatic heterocycles. The molecule has 182 valence electrons. The molecule has 4 rings (SSSR count). The number of aromatic amines is 1. The number of carbonyl (C=O) groups excluding carboxylic acids is 1. The molecule has 1 saturated heterocycles. The Morgan fingerprint density at radius 2 is 1.82 bits per heavy atom. The number of amides is 1. The van der Waals surface area contributed by atoms with Gasteiger partial charge in [0, 0.05) is 43.3 Å². The molecule has 0 radical (unpaired) electrons. The Balaban J connectivity index is 1.66. The van der Waals surface area contributed by atoms with Crippen LogP contribution in [-0.2, 0) is 21.2 Å². The smallest absolute Gasteiger partial charge is 0.243 e. The molecule has 2 heterocycles. The van der Waals surface area contributed by atoms with Crippen molar-refractivity contribution in [3.8, 4) is 0 Å². The second-order valence-electron chi connectivity index (χ2n) is 8.85. The number of fused-ring (bicyclic) bond motifs is 1. The zero-order valence-electron chi connectivity index (χ0n) is 20.2. The Bertz CT molecular complexity index is 1270. The highest BCUT2D eigenvalue weighted by Crippen LogP contribution is 2.32. The minimum Gasteiger partial charge on any atom is -0.370 e. The van der Waals surface area contributed by atoms with Gasteiger partial charge in [0.15, 0.2) is 0 Å². The van der Waals surface area contributed by atoms with E-state index in [9.17, 15) is 13.2 Å². The molecule has 0 aliphatic carbocycles. The van der Waals surface area contributed by atoms with E-state index in [-0.39, 0.29) is 17.2 Å². The molecule has 0 atom stereocenters. The fraction of sp³-hybridized carbons (Fsp3) is 0.423. The molecule has 8 heteroatoms. The Kier molecular flexibility index (Phi) is 7.28. The summed E-state index contributed by atoms with van der Waals surface area (Å²) in [6.45, 7) is 8.28. The van der Waals surface area contributed by atoms with Crippen LogP contribution >= 0.6 is 0 Å². The first-order chi connectivity index (χ1) is 16.3. The van der Waals surface area contributed by atoms with E-state index in [4.69, 9.17) is 0 Å². The van der Waals surface area contributed by atoms with E-state index in [1.54, 1.807) is 12.1 Å². The number of benzene rings is 2. The third kappa shape index (κ3) is 4.83. The molecule has 1 fully saturated rings. The fourth-order valence-corrected chi connectivity index (χ4v) is 6.34. The van der Waals surface area contributed by atoms with E-state index >= 15 is 0 Å². The first-order valence-electron chi connectivity index (χ1n) is 12.1. The van der Waals surface area contributed by atoms with Crippen LogP contribution in [0.2, 0.25) is 0 Å². The summed E-state index contributed by atoms with van der Waals surface area (Å²) in [6.07, 6.45) is 5.44. The van der Waals surface area contributed by atoms with Crippen molar-refractivity contribution in [1.29, 1.82) is 0 Å². The minimum absolute atomic E-state index is 0.167. The maximum Gasteiger partial charge on any atom is 0.243 e.